The first-order valence-corrected chi connectivity index (χ1v) is 12.1. The number of fused-ring (bicyclic) bond motifs is 5. The van der Waals surface area contributed by atoms with Gasteiger partial charge in [-0.05, 0) is 59.1 Å². The monoisotopic (exact) mass is 437 g/mol. The third-order valence-corrected chi connectivity index (χ3v) is 7.88. The molecule has 5 aromatic carbocycles. The van der Waals surface area contributed by atoms with E-state index in [0.29, 0.717) is 6.71 Å². The van der Waals surface area contributed by atoms with E-state index in [9.17, 15) is 0 Å². The van der Waals surface area contributed by atoms with E-state index >= 15 is 0 Å². The van der Waals surface area contributed by atoms with Crippen molar-refractivity contribution in [2.45, 2.75) is 9.79 Å². The van der Waals surface area contributed by atoms with Crippen LogP contribution in [-0.2, 0) is 0 Å². The summed E-state index contributed by atoms with van der Waals surface area (Å²) in [5.41, 5.74) is 10.6. The molecular formula is C30H20BNS. The molecule has 3 heteroatoms. The van der Waals surface area contributed by atoms with E-state index in [1.165, 1.54) is 54.4 Å². The minimum Gasteiger partial charge on any atom is -0.310 e. The van der Waals surface area contributed by atoms with E-state index in [4.69, 9.17) is 0 Å². The SMILES string of the molecule is c1ccc(N(c2ccccc2)c2ccc3c(c2)Sc2cccc4c2B3c2ccccc2-4)cc1. The molecule has 0 saturated heterocycles. The quantitative estimate of drug-likeness (QED) is 0.307. The molecule has 0 spiro atoms. The lowest BCUT2D eigenvalue weighted by molar-refractivity contribution is 1.27. The summed E-state index contributed by atoms with van der Waals surface area (Å²) in [6, 6.07) is 43.9. The summed E-state index contributed by atoms with van der Waals surface area (Å²) < 4.78 is 0. The molecule has 0 unspecified atom stereocenters. The van der Waals surface area contributed by atoms with Crippen LogP contribution in [0.3, 0.4) is 0 Å². The Labute approximate surface area is 198 Å². The van der Waals surface area contributed by atoms with Gasteiger partial charge in [0.1, 0.15) is 0 Å². The van der Waals surface area contributed by atoms with Crippen molar-refractivity contribution >= 4 is 51.9 Å². The van der Waals surface area contributed by atoms with Crippen LogP contribution in [0, 0.1) is 0 Å². The van der Waals surface area contributed by atoms with E-state index in [0.717, 1.165) is 0 Å². The van der Waals surface area contributed by atoms with E-state index in [1.54, 1.807) is 0 Å². The summed E-state index contributed by atoms with van der Waals surface area (Å²) >= 11 is 1.91. The third-order valence-electron chi connectivity index (χ3n) is 6.73. The smallest absolute Gasteiger partial charge is 0.245 e. The van der Waals surface area contributed by atoms with Gasteiger partial charge in [-0.25, -0.2) is 0 Å². The lowest BCUT2D eigenvalue weighted by Gasteiger charge is -2.29. The summed E-state index contributed by atoms with van der Waals surface area (Å²) in [6.07, 6.45) is 0. The molecule has 0 fully saturated rings. The number of hydrogen-bond donors (Lipinski definition) is 0. The fourth-order valence-electron chi connectivity index (χ4n) is 5.35. The first-order chi connectivity index (χ1) is 16.4. The maximum atomic E-state index is 2.37. The Morgan fingerprint density at radius 3 is 1.91 bits per heavy atom. The molecule has 33 heavy (non-hydrogen) atoms. The minimum atomic E-state index is 0.319. The normalized spacial score (nSPS) is 12.7. The third kappa shape index (κ3) is 2.89. The van der Waals surface area contributed by atoms with Crippen LogP contribution in [0.1, 0.15) is 0 Å². The van der Waals surface area contributed by atoms with Crippen molar-refractivity contribution in [3.05, 3.63) is 121 Å². The van der Waals surface area contributed by atoms with Gasteiger partial charge < -0.3 is 4.90 Å². The van der Waals surface area contributed by atoms with Crippen molar-refractivity contribution < 1.29 is 0 Å². The van der Waals surface area contributed by atoms with Crippen LogP contribution in [0.25, 0.3) is 11.1 Å². The second-order valence-corrected chi connectivity index (χ2v) is 9.65. The molecule has 0 aromatic heterocycles. The van der Waals surface area contributed by atoms with Gasteiger partial charge in [-0.3, -0.25) is 0 Å². The van der Waals surface area contributed by atoms with Gasteiger partial charge in [-0.1, -0.05) is 102 Å². The molecular weight excluding hydrogens is 417 g/mol. The molecule has 2 aliphatic rings. The Morgan fingerprint density at radius 2 is 1.15 bits per heavy atom. The van der Waals surface area contributed by atoms with Crippen molar-refractivity contribution in [3.8, 4) is 11.1 Å². The van der Waals surface area contributed by atoms with Gasteiger partial charge in [0, 0.05) is 26.9 Å². The maximum Gasteiger partial charge on any atom is 0.245 e. The van der Waals surface area contributed by atoms with E-state index in [1.807, 2.05) is 11.8 Å². The second kappa shape index (κ2) is 7.43. The molecule has 5 aromatic rings. The van der Waals surface area contributed by atoms with Crippen molar-refractivity contribution in [1.82, 2.24) is 0 Å². The Morgan fingerprint density at radius 1 is 0.485 bits per heavy atom. The molecule has 0 bridgehead atoms. The molecule has 0 N–H and O–H groups in total. The number of benzene rings is 5. The zero-order valence-corrected chi connectivity index (χ0v) is 18.8. The maximum absolute atomic E-state index is 2.37. The fraction of sp³-hybridized carbons (Fsp3) is 0. The van der Waals surface area contributed by atoms with E-state index < -0.39 is 0 Å². The van der Waals surface area contributed by atoms with Gasteiger partial charge in [0.25, 0.3) is 0 Å². The van der Waals surface area contributed by atoms with E-state index in [2.05, 4.69) is 126 Å². The van der Waals surface area contributed by atoms with Crippen LogP contribution in [-0.4, -0.2) is 6.71 Å². The zero-order valence-electron chi connectivity index (χ0n) is 18.0. The fourth-order valence-corrected chi connectivity index (χ4v) is 6.55. The molecule has 0 radical (unpaired) electrons. The Hall–Kier alpha value is -3.69. The van der Waals surface area contributed by atoms with Crippen molar-refractivity contribution in [2.24, 2.45) is 0 Å². The zero-order chi connectivity index (χ0) is 21.8. The molecule has 0 aliphatic carbocycles. The van der Waals surface area contributed by atoms with E-state index in [-0.39, 0.29) is 0 Å². The molecule has 0 amide bonds. The summed E-state index contributed by atoms with van der Waals surface area (Å²) in [5, 5.41) is 0. The number of para-hydroxylation sites is 2. The standard InChI is InChI=1S/C30H20BNS/c1-3-10-21(11-4-1)32(22-12-5-2-6-13-22)23-18-19-27-29(20-23)33-28-17-9-15-25-24-14-7-8-16-26(24)31(27)30(25)28/h1-20H. The van der Waals surface area contributed by atoms with Gasteiger partial charge in [0.2, 0.25) is 6.71 Å². The molecule has 0 saturated carbocycles. The Bertz CT molecular complexity index is 1460. The largest absolute Gasteiger partial charge is 0.310 e. The van der Waals surface area contributed by atoms with Crippen molar-refractivity contribution in [2.75, 3.05) is 4.90 Å². The molecule has 2 aliphatic heterocycles. The van der Waals surface area contributed by atoms with Gasteiger partial charge in [-0.2, -0.15) is 0 Å². The number of anilines is 3. The average Bonchev–Trinajstić information content (AvgIpc) is 3.22. The van der Waals surface area contributed by atoms with Gasteiger partial charge >= 0.3 is 0 Å². The summed E-state index contributed by atoms with van der Waals surface area (Å²) in [7, 11) is 0. The average molecular weight is 437 g/mol. The minimum absolute atomic E-state index is 0.319. The first-order valence-electron chi connectivity index (χ1n) is 11.3. The molecule has 7 rings (SSSR count). The van der Waals surface area contributed by atoms with Crippen LogP contribution >= 0.6 is 11.8 Å². The van der Waals surface area contributed by atoms with Crippen molar-refractivity contribution in [3.63, 3.8) is 0 Å². The highest BCUT2D eigenvalue weighted by Gasteiger charge is 2.39. The predicted molar refractivity (Wildman–Crippen MR) is 142 cm³/mol. The molecule has 1 nitrogen and oxygen atoms in total. The highest BCUT2D eigenvalue weighted by atomic mass is 32.2. The highest BCUT2D eigenvalue weighted by Crippen LogP contribution is 2.40. The number of nitrogens with zero attached hydrogens (tertiary/aromatic N) is 1. The van der Waals surface area contributed by atoms with Gasteiger partial charge in [-0.15, -0.1) is 0 Å². The van der Waals surface area contributed by atoms with Gasteiger partial charge in [0.15, 0.2) is 0 Å². The molecule has 0 atom stereocenters. The molecule has 154 valence electrons. The van der Waals surface area contributed by atoms with Crippen LogP contribution in [0.2, 0.25) is 0 Å². The van der Waals surface area contributed by atoms with Crippen LogP contribution in [0.5, 0.6) is 0 Å². The summed E-state index contributed by atoms with van der Waals surface area (Å²) in [4.78, 5) is 5.06. The Balaban J connectivity index is 1.41. The van der Waals surface area contributed by atoms with Gasteiger partial charge in [0.05, 0.1) is 0 Å². The summed E-state index contributed by atoms with van der Waals surface area (Å²) in [6.45, 7) is 0.319. The second-order valence-electron chi connectivity index (χ2n) is 8.57. The van der Waals surface area contributed by atoms with Crippen LogP contribution in [0.4, 0.5) is 17.1 Å². The van der Waals surface area contributed by atoms with Crippen molar-refractivity contribution in [1.29, 1.82) is 0 Å². The molecule has 2 heterocycles. The lowest BCUT2D eigenvalue weighted by Crippen LogP contribution is -2.52. The first kappa shape index (κ1) is 18.8. The Kier molecular flexibility index (Phi) is 4.24. The summed E-state index contributed by atoms with van der Waals surface area (Å²) in [5.74, 6) is 0. The predicted octanol–water partition coefficient (Wildman–Crippen LogP) is 6.12. The van der Waals surface area contributed by atoms with Crippen LogP contribution < -0.4 is 21.3 Å². The number of hydrogen-bond acceptors (Lipinski definition) is 2. The van der Waals surface area contributed by atoms with Crippen LogP contribution in [0.15, 0.2) is 131 Å². The topological polar surface area (TPSA) is 3.24 Å². The highest BCUT2D eigenvalue weighted by molar-refractivity contribution is 8.00. The lowest BCUT2D eigenvalue weighted by atomic mass is 9.38. The number of rotatable bonds is 3.